The van der Waals surface area contributed by atoms with Crippen molar-refractivity contribution >= 4 is 0 Å². The Hall–Kier alpha value is -1.02. The molecule has 2 heteroatoms. The lowest BCUT2D eigenvalue weighted by atomic mass is 9.99. The molecule has 0 bridgehead atoms. The lowest BCUT2D eigenvalue weighted by Crippen LogP contribution is -2.24. The van der Waals surface area contributed by atoms with Gasteiger partial charge in [0.15, 0.2) is 0 Å². The normalized spacial score (nSPS) is 21.4. The molecular weight excluding hydrogens is 186 g/mol. The standard InChI is InChI=1S/C13H17NO/c14-13(4-5-13)8-11-6-9-2-1-3-10(9)7-12(11)15/h6-7,15H,1-5,8,14H2. The van der Waals surface area contributed by atoms with Crippen molar-refractivity contribution in [3.63, 3.8) is 0 Å². The number of hydrogen-bond donors (Lipinski definition) is 2. The summed E-state index contributed by atoms with van der Waals surface area (Å²) in [5.74, 6) is 0.451. The molecule has 0 unspecified atom stereocenters. The van der Waals surface area contributed by atoms with Gasteiger partial charge in [-0.3, -0.25) is 0 Å². The molecule has 1 aromatic rings. The number of phenolic OH excluding ortho intramolecular Hbond substituents is 1. The molecule has 0 atom stereocenters. The number of phenols is 1. The van der Waals surface area contributed by atoms with E-state index in [9.17, 15) is 5.11 Å². The van der Waals surface area contributed by atoms with Gasteiger partial charge in [-0.1, -0.05) is 6.07 Å². The lowest BCUT2D eigenvalue weighted by molar-refractivity contribution is 0.463. The molecule has 0 saturated heterocycles. The number of benzene rings is 1. The van der Waals surface area contributed by atoms with Gasteiger partial charge in [0.1, 0.15) is 5.75 Å². The number of aryl methyl sites for hydroxylation is 2. The maximum absolute atomic E-state index is 9.91. The van der Waals surface area contributed by atoms with Crippen molar-refractivity contribution in [3.8, 4) is 5.75 Å². The maximum Gasteiger partial charge on any atom is 0.119 e. The zero-order valence-electron chi connectivity index (χ0n) is 8.92. The third-order valence-corrected chi connectivity index (χ3v) is 3.73. The van der Waals surface area contributed by atoms with E-state index < -0.39 is 0 Å². The van der Waals surface area contributed by atoms with E-state index in [1.165, 1.54) is 24.0 Å². The summed E-state index contributed by atoms with van der Waals surface area (Å²) < 4.78 is 0. The quantitative estimate of drug-likeness (QED) is 0.771. The molecule has 3 N–H and O–H groups in total. The fourth-order valence-corrected chi connectivity index (χ4v) is 2.52. The Morgan fingerprint density at radius 2 is 1.87 bits per heavy atom. The molecule has 1 aromatic carbocycles. The first-order chi connectivity index (χ1) is 7.16. The van der Waals surface area contributed by atoms with Crippen molar-refractivity contribution in [2.24, 2.45) is 5.73 Å². The first kappa shape index (κ1) is 9.22. The van der Waals surface area contributed by atoms with Crippen LogP contribution in [0.25, 0.3) is 0 Å². The Morgan fingerprint density at radius 3 is 2.53 bits per heavy atom. The minimum atomic E-state index is -0.00960. The van der Waals surface area contributed by atoms with Crippen molar-refractivity contribution in [1.29, 1.82) is 0 Å². The molecule has 0 amide bonds. The molecule has 0 heterocycles. The van der Waals surface area contributed by atoms with E-state index in [2.05, 4.69) is 6.07 Å². The van der Waals surface area contributed by atoms with Crippen molar-refractivity contribution in [3.05, 3.63) is 28.8 Å². The number of hydrogen-bond acceptors (Lipinski definition) is 2. The minimum Gasteiger partial charge on any atom is -0.508 e. The maximum atomic E-state index is 9.91. The van der Waals surface area contributed by atoms with Crippen molar-refractivity contribution < 1.29 is 5.11 Å². The SMILES string of the molecule is NC1(Cc2cc3c(cc2O)CCC3)CC1. The summed E-state index contributed by atoms with van der Waals surface area (Å²) in [5.41, 5.74) is 9.88. The molecule has 2 nitrogen and oxygen atoms in total. The van der Waals surface area contributed by atoms with Crippen LogP contribution in [-0.2, 0) is 19.3 Å². The monoisotopic (exact) mass is 203 g/mol. The molecule has 0 radical (unpaired) electrons. The average molecular weight is 203 g/mol. The number of fused-ring (bicyclic) bond motifs is 1. The first-order valence-electron chi connectivity index (χ1n) is 5.79. The number of nitrogens with two attached hydrogens (primary N) is 1. The molecular formula is C13H17NO. The van der Waals surface area contributed by atoms with Crippen LogP contribution >= 0.6 is 0 Å². The molecule has 80 valence electrons. The highest BCUT2D eigenvalue weighted by atomic mass is 16.3. The van der Waals surface area contributed by atoms with Crippen LogP contribution in [0.4, 0.5) is 0 Å². The molecule has 3 rings (SSSR count). The molecule has 2 aliphatic rings. The summed E-state index contributed by atoms with van der Waals surface area (Å²) in [6.45, 7) is 0. The Labute approximate surface area is 90.1 Å². The first-order valence-corrected chi connectivity index (χ1v) is 5.79. The van der Waals surface area contributed by atoms with Crippen LogP contribution in [0.2, 0.25) is 0 Å². The largest absolute Gasteiger partial charge is 0.508 e. The lowest BCUT2D eigenvalue weighted by Gasteiger charge is -2.12. The predicted octanol–water partition coefficient (Wildman–Crippen LogP) is 1.91. The third-order valence-electron chi connectivity index (χ3n) is 3.73. The molecule has 2 aliphatic carbocycles. The van der Waals surface area contributed by atoms with Crippen LogP contribution in [0.1, 0.15) is 36.0 Å². The van der Waals surface area contributed by atoms with Crippen LogP contribution in [0, 0.1) is 0 Å². The summed E-state index contributed by atoms with van der Waals surface area (Å²) in [4.78, 5) is 0. The van der Waals surface area contributed by atoms with E-state index in [1.807, 2.05) is 6.07 Å². The van der Waals surface area contributed by atoms with Crippen LogP contribution < -0.4 is 5.73 Å². The molecule has 1 fully saturated rings. The Bertz CT molecular complexity index is 407. The van der Waals surface area contributed by atoms with Gasteiger partial charge < -0.3 is 10.8 Å². The summed E-state index contributed by atoms with van der Waals surface area (Å²) in [7, 11) is 0. The second kappa shape index (κ2) is 2.99. The second-order valence-corrected chi connectivity index (χ2v) is 5.14. The van der Waals surface area contributed by atoms with Gasteiger partial charge in [0.05, 0.1) is 0 Å². The molecule has 1 saturated carbocycles. The Kier molecular flexibility index (Phi) is 1.84. The van der Waals surface area contributed by atoms with Crippen LogP contribution in [-0.4, -0.2) is 10.6 Å². The van der Waals surface area contributed by atoms with Gasteiger partial charge in [-0.25, -0.2) is 0 Å². The van der Waals surface area contributed by atoms with E-state index >= 15 is 0 Å². The highest BCUT2D eigenvalue weighted by Crippen LogP contribution is 2.39. The second-order valence-electron chi connectivity index (χ2n) is 5.14. The molecule has 0 aromatic heterocycles. The number of aromatic hydroxyl groups is 1. The van der Waals surface area contributed by atoms with Gasteiger partial charge in [0.2, 0.25) is 0 Å². The zero-order chi connectivity index (χ0) is 10.5. The average Bonchev–Trinajstić information content (AvgIpc) is 2.74. The third kappa shape index (κ3) is 1.63. The summed E-state index contributed by atoms with van der Waals surface area (Å²) in [5, 5.41) is 9.91. The summed E-state index contributed by atoms with van der Waals surface area (Å²) >= 11 is 0. The zero-order valence-corrected chi connectivity index (χ0v) is 8.92. The van der Waals surface area contributed by atoms with Gasteiger partial charge in [0.25, 0.3) is 0 Å². The van der Waals surface area contributed by atoms with E-state index in [1.54, 1.807) is 0 Å². The topological polar surface area (TPSA) is 46.2 Å². The van der Waals surface area contributed by atoms with Crippen LogP contribution in [0.3, 0.4) is 0 Å². The molecule has 0 aliphatic heterocycles. The van der Waals surface area contributed by atoms with Crippen molar-refractivity contribution in [2.75, 3.05) is 0 Å². The van der Waals surface area contributed by atoms with E-state index in [4.69, 9.17) is 5.73 Å². The van der Waals surface area contributed by atoms with Crippen molar-refractivity contribution in [1.82, 2.24) is 0 Å². The van der Waals surface area contributed by atoms with E-state index in [0.29, 0.717) is 5.75 Å². The smallest absolute Gasteiger partial charge is 0.119 e. The van der Waals surface area contributed by atoms with Gasteiger partial charge >= 0.3 is 0 Å². The van der Waals surface area contributed by atoms with Crippen molar-refractivity contribution in [2.45, 2.75) is 44.1 Å². The molecule has 0 spiro atoms. The Balaban J connectivity index is 1.94. The van der Waals surface area contributed by atoms with Gasteiger partial charge in [-0.05, 0) is 61.3 Å². The van der Waals surface area contributed by atoms with Gasteiger partial charge in [-0.15, -0.1) is 0 Å². The summed E-state index contributed by atoms with van der Waals surface area (Å²) in [6, 6.07) is 4.12. The van der Waals surface area contributed by atoms with Gasteiger partial charge in [0, 0.05) is 5.54 Å². The highest BCUT2D eigenvalue weighted by molar-refractivity contribution is 5.45. The fourth-order valence-electron chi connectivity index (χ4n) is 2.52. The summed E-state index contributed by atoms with van der Waals surface area (Å²) in [6.07, 6.45) is 6.56. The fraction of sp³-hybridized carbons (Fsp3) is 0.538. The van der Waals surface area contributed by atoms with Crippen LogP contribution in [0.15, 0.2) is 12.1 Å². The minimum absolute atomic E-state index is 0.00960. The predicted molar refractivity (Wildman–Crippen MR) is 60.0 cm³/mol. The van der Waals surface area contributed by atoms with E-state index in [0.717, 1.165) is 31.2 Å². The molecule has 15 heavy (non-hydrogen) atoms. The number of rotatable bonds is 2. The highest BCUT2D eigenvalue weighted by Gasteiger charge is 2.38. The van der Waals surface area contributed by atoms with E-state index in [-0.39, 0.29) is 5.54 Å². The van der Waals surface area contributed by atoms with Crippen LogP contribution in [0.5, 0.6) is 5.75 Å². The van der Waals surface area contributed by atoms with Gasteiger partial charge in [-0.2, -0.15) is 0 Å². The Morgan fingerprint density at radius 1 is 1.20 bits per heavy atom.